The first-order valence-electron chi connectivity index (χ1n) is 7.56. The summed E-state index contributed by atoms with van der Waals surface area (Å²) in [6, 6.07) is 19.1. The molecule has 1 aliphatic carbocycles. The number of hydrogen-bond acceptors (Lipinski definition) is 2. The maximum absolute atomic E-state index is 12.8. The maximum Gasteiger partial charge on any atom is 0.166 e. The number of rotatable bonds is 3. The average Bonchev–Trinajstić information content (AvgIpc) is 2.58. The summed E-state index contributed by atoms with van der Waals surface area (Å²) in [5, 5.41) is 0. The SMILES string of the molecule is C[C@@H]1C(=O)C=C(c2ccccc2)C[C@H]1C(=O)c1ccccc1. The van der Waals surface area contributed by atoms with Crippen molar-refractivity contribution in [3.05, 3.63) is 77.9 Å². The number of carbonyl (C=O) groups excluding carboxylic acids is 2. The van der Waals surface area contributed by atoms with Gasteiger partial charge < -0.3 is 0 Å². The molecule has 0 fully saturated rings. The van der Waals surface area contributed by atoms with E-state index >= 15 is 0 Å². The van der Waals surface area contributed by atoms with Crippen molar-refractivity contribution in [3.8, 4) is 0 Å². The van der Waals surface area contributed by atoms with Gasteiger partial charge in [-0.05, 0) is 23.6 Å². The molecule has 0 saturated carbocycles. The van der Waals surface area contributed by atoms with Gasteiger partial charge in [0.05, 0.1) is 0 Å². The number of ketones is 2. The highest BCUT2D eigenvalue weighted by atomic mass is 16.1. The van der Waals surface area contributed by atoms with Crippen LogP contribution in [0.5, 0.6) is 0 Å². The third-order valence-electron chi connectivity index (χ3n) is 4.35. The molecule has 2 aromatic rings. The van der Waals surface area contributed by atoms with Crippen molar-refractivity contribution in [1.29, 1.82) is 0 Å². The second-order valence-electron chi connectivity index (χ2n) is 5.77. The Balaban J connectivity index is 1.92. The molecule has 0 aromatic heterocycles. The van der Waals surface area contributed by atoms with Crippen LogP contribution in [0, 0.1) is 11.8 Å². The van der Waals surface area contributed by atoms with Crippen LogP contribution in [0.1, 0.15) is 29.3 Å². The number of allylic oxidation sites excluding steroid dienone is 2. The Bertz CT molecular complexity index is 714. The number of Topliss-reactive ketones (excluding diaryl/α,β-unsaturated/α-hetero) is 1. The Morgan fingerprint density at radius 3 is 2.18 bits per heavy atom. The first-order valence-corrected chi connectivity index (χ1v) is 7.56. The van der Waals surface area contributed by atoms with Gasteiger partial charge in [0, 0.05) is 17.4 Å². The predicted molar refractivity (Wildman–Crippen MR) is 87.5 cm³/mol. The lowest BCUT2D eigenvalue weighted by molar-refractivity contribution is -0.119. The summed E-state index contributed by atoms with van der Waals surface area (Å²) in [5.74, 6) is -0.447. The lowest BCUT2D eigenvalue weighted by Gasteiger charge is -2.27. The van der Waals surface area contributed by atoms with Gasteiger partial charge in [-0.1, -0.05) is 67.6 Å². The predicted octanol–water partition coefficient (Wildman–Crippen LogP) is 4.18. The molecule has 0 saturated heterocycles. The fourth-order valence-corrected chi connectivity index (χ4v) is 2.96. The van der Waals surface area contributed by atoms with Crippen LogP contribution < -0.4 is 0 Å². The summed E-state index contributed by atoms with van der Waals surface area (Å²) in [7, 11) is 0. The topological polar surface area (TPSA) is 34.1 Å². The fraction of sp³-hybridized carbons (Fsp3) is 0.200. The quantitative estimate of drug-likeness (QED) is 0.795. The van der Waals surface area contributed by atoms with Crippen LogP contribution in [-0.4, -0.2) is 11.6 Å². The monoisotopic (exact) mass is 290 g/mol. The van der Waals surface area contributed by atoms with E-state index in [1.807, 2.05) is 67.6 Å². The van der Waals surface area contributed by atoms with E-state index in [1.165, 1.54) is 0 Å². The minimum atomic E-state index is -0.282. The van der Waals surface area contributed by atoms with Crippen molar-refractivity contribution in [3.63, 3.8) is 0 Å². The minimum absolute atomic E-state index is 0.0411. The van der Waals surface area contributed by atoms with Crippen LogP contribution in [0.4, 0.5) is 0 Å². The van der Waals surface area contributed by atoms with Gasteiger partial charge in [0.25, 0.3) is 0 Å². The van der Waals surface area contributed by atoms with Gasteiger partial charge in [-0.15, -0.1) is 0 Å². The smallest absolute Gasteiger partial charge is 0.166 e. The molecule has 0 bridgehead atoms. The maximum atomic E-state index is 12.8. The van der Waals surface area contributed by atoms with Gasteiger partial charge in [0.1, 0.15) is 0 Å². The van der Waals surface area contributed by atoms with Crippen LogP contribution in [0.25, 0.3) is 5.57 Å². The molecule has 22 heavy (non-hydrogen) atoms. The van der Waals surface area contributed by atoms with Gasteiger partial charge >= 0.3 is 0 Å². The normalized spacial score (nSPS) is 21.3. The molecule has 2 atom stereocenters. The molecule has 110 valence electrons. The first kappa shape index (κ1) is 14.5. The second-order valence-corrected chi connectivity index (χ2v) is 5.77. The summed E-state index contributed by atoms with van der Waals surface area (Å²) >= 11 is 0. The standard InChI is InChI=1S/C20H18O2/c1-14-18(20(22)16-10-6-3-7-11-16)12-17(13-19(14)21)15-8-4-2-5-9-15/h2-11,13-14,18H,12H2,1H3/t14-,18+/m0/s1. The molecule has 1 aliphatic rings. The van der Waals surface area contributed by atoms with Gasteiger partial charge in [-0.25, -0.2) is 0 Å². The summed E-state index contributed by atoms with van der Waals surface area (Å²) < 4.78 is 0. The van der Waals surface area contributed by atoms with Gasteiger partial charge in [-0.2, -0.15) is 0 Å². The third kappa shape index (κ3) is 2.77. The van der Waals surface area contributed by atoms with Crippen molar-refractivity contribution in [1.82, 2.24) is 0 Å². The number of benzene rings is 2. The molecule has 3 rings (SSSR count). The lowest BCUT2D eigenvalue weighted by Crippen LogP contribution is -2.30. The summed E-state index contributed by atoms with van der Waals surface area (Å²) in [4.78, 5) is 25.0. The van der Waals surface area contributed by atoms with Crippen molar-refractivity contribution in [2.45, 2.75) is 13.3 Å². The molecule has 0 heterocycles. The highest BCUT2D eigenvalue weighted by Gasteiger charge is 2.34. The lowest BCUT2D eigenvalue weighted by atomic mass is 9.74. The molecule has 0 spiro atoms. The molecule has 0 amide bonds. The highest BCUT2D eigenvalue weighted by molar-refractivity contribution is 6.07. The first-order chi connectivity index (χ1) is 10.7. The van der Waals surface area contributed by atoms with Gasteiger partial charge in [-0.3, -0.25) is 9.59 Å². The van der Waals surface area contributed by atoms with E-state index in [1.54, 1.807) is 6.08 Å². The molecule has 0 radical (unpaired) electrons. The van der Waals surface area contributed by atoms with Crippen molar-refractivity contribution >= 4 is 17.1 Å². The van der Waals surface area contributed by atoms with Crippen LogP contribution >= 0.6 is 0 Å². The zero-order valence-corrected chi connectivity index (χ0v) is 12.5. The van der Waals surface area contributed by atoms with E-state index in [-0.39, 0.29) is 23.4 Å². The molecule has 0 N–H and O–H groups in total. The van der Waals surface area contributed by atoms with Crippen LogP contribution in [0.15, 0.2) is 66.7 Å². The van der Waals surface area contributed by atoms with Crippen molar-refractivity contribution in [2.75, 3.05) is 0 Å². The van der Waals surface area contributed by atoms with Gasteiger partial charge in [0.15, 0.2) is 11.6 Å². The number of hydrogen-bond donors (Lipinski definition) is 0. The Morgan fingerprint density at radius 1 is 0.955 bits per heavy atom. The zero-order valence-electron chi connectivity index (χ0n) is 12.5. The van der Waals surface area contributed by atoms with Gasteiger partial charge in [0.2, 0.25) is 0 Å². The molecular formula is C20H18O2. The van der Waals surface area contributed by atoms with E-state index in [4.69, 9.17) is 0 Å². The zero-order chi connectivity index (χ0) is 15.5. The molecule has 0 unspecified atom stereocenters. The molecule has 2 aromatic carbocycles. The van der Waals surface area contributed by atoms with E-state index in [0.29, 0.717) is 12.0 Å². The fourth-order valence-electron chi connectivity index (χ4n) is 2.96. The Kier molecular flexibility index (Phi) is 4.01. The van der Waals surface area contributed by atoms with Crippen molar-refractivity contribution in [2.24, 2.45) is 11.8 Å². The molecule has 2 nitrogen and oxygen atoms in total. The summed E-state index contributed by atoms with van der Waals surface area (Å²) in [6.45, 7) is 1.85. The van der Waals surface area contributed by atoms with Crippen LogP contribution in [0.3, 0.4) is 0 Å². The largest absolute Gasteiger partial charge is 0.295 e. The second kappa shape index (κ2) is 6.10. The third-order valence-corrected chi connectivity index (χ3v) is 4.35. The molecule has 2 heteroatoms. The van der Waals surface area contributed by atoms with Crippen molar-refractivity contribution < 1.29 is 9.59 Å². The molecular weight excluding hydrogens is 272 g/mol. The molecule has 0 aliphatic heterocycles. The average molecular weight is 290 g/mol. The van der Waals surface area contributed by atoms with E-state index in [0.717, 1.165) is 11.1 Å². The summed E-state index contributed by atoms with van der Waals surface area (Å²) in [6.07, 6.45) is 2.32. The van der Waals surface area contributed by atoms with E-state index < -0.39 is 0 Å². The Labute approximate surface area is 130 Å². The number of carbonyl (C=O) groups is 2. The minimum Gasteiger partial charge on any atom is -0.295 e. The van der Waals surface area contributed by atoms with E-state index in [9.17, 15) is 9.59 Å². The summed E-state index contributed by atoms with van der Waals surface area (Å²) in [5.41, 5.74) is 2.66. The highest BCUT2D eigenvalue weighted by Crippen LogP contribution is 2.34. The van der Waals surface area contributed by atoms with E-state index in [2.05, 4.69) is 0 Å². The van der Waals surface area contributed by atoms with Crippen LogP contribution in [0.2, 0.25) is 0 Å². The Hall–Kier alpha value is -2.48. The van der Waals surface area contributed by atoms with Crippen LogP contribution in [-0.2, 0) is 4.79 Å². The Morgan fingerprint density at radius 2 is 1.55 bits per heavy atom.